The zero-order valence-electron chi connectivity index (χ0n) is 10.9. The zero-order chi connectivity index (χ0) is 12.5. The molecule has 0 aromatic rings. The number of ether oxygens (including phenoxy) is 1. The maximum absolute atomic E-state index is 11.9. The van der Waals surface area contributed by atoms with Crippen LogP contribution >= 0.6 is 0 Å². The van der Waals surface area contributed by atoms with Crippen molar-refractivity contribution in [2.24, 2.45) is 0 Å². The summed E-state index contributed by atoms with van der Waals surface area (Å²) in [6.07, 6.45) is 6.59. The summed E-state index contributed by atoms with van der Waals surface area (Å²) in [6.45, 7) is 4.74. The molecule has 1 fully saturated rings. The Morgan fingerprint density at radius 3 is 2.53 bits per heavy atom. The zero-order valence-corrected chi connectivity index (χ0v) is 10.9. The van der Waals surface area contributed by atoms with Crippen LogP contribution in [0.1, 0.15) is 45.4 Å². The highest BCUT2D eigenvalue weighted by Gasteiger charge is 2.22. The molecule has 1 aliphatic heterocycles. The third kappa shape index (κ3) is 5.50. The number of morpholine rings is 1. The number of rotatable bonds is 7. The smallest absolute Gasteiger partial charge is 0.241 e. The van der Waals surface area contributed by atoms with E-state index in [2.05, 4.69) is 6.92 Å². The lowest BCUT2D eigenvalue weighted by molar-refractivity contribution is -0.137. The van der Waals surface area contributed by atoms with Crippen molar-refractivity contribution in [1.82, 2.24) is 10.6 Å². The quantitative estimate of drug-likeness (QED) is 0.639. The van der Waals surface area contributed by atoms with E-state index in [0.29, 0.717) is 32.7 Å². The molecule has 0 aromatic heterocycles. The number of carbonyl (C=O) groups is 1. The van der Waals surface area contributed by atoms with Gasteiger partial charge in [-0.05, 0) is 6.42 Å². The number of hydrogen-bond acceptors (Lipinski definition) is 2. The summed E-state index contributed by atoms with van der Waals surface area (Å²) in [5.74, 6) is -0.0104. The molecule has 0 aromatic carbocycles. The first-order chi connectivity index (χ1) is 8.25. The minimum Gasteiger partial charge on any atom is -0.378 e. The number of unbranched alkanes of at least 4 members (excludes halogenated alkanes) is 4. The van der Waals surface area contributed by atoms with Gasteiger partial charge in [-0.25, -0.2) is 5.73 Å². The third-order valence-electron chi connectivity index (χ3n) is 3.22. The van der Waals surface area contributed by atoms with Crippen LogP contribution in [-0.2, 0) is 9.53 Å². The largest absolute Gasteiger partial charge is 0.378 e. The van der Waals surface area contributed by atoms with Crippen molar-refractivity contribution in [2.75, 3.05) is 26.3 Å². The standard InChI is InChI=1S/C13H25N2O2/c1-2-3-4-5-6-7-12(14)13(16)15-8-10-17-11-9-15/h12,14H,2-11H2,1H3. The lowest BCUT2D eigenvalue weighted by Gasteiger charge is -2.28. The van der Waals surface area contributed by atoms with Gasteiger partial charge >= 0.3 is 0 Å². The first-order valence-electron chi connectivity index (χ1n) is 6.83. The Balaban J connectivity index is 2.12. The van der Waals surface area contributed by atoms with Crippen molar-refractivity contribution in [1.29, 1.82) is 0 Å². The molecular formula is C13H25N2O2. The van der Waals surface area contributed by atoms with Gasteiger partial charge < -0.3 is 9.64 Å². The minimum atomic E-state index is -0.560. The molecule has 1 unspecified atom stereocenters. The van der Waals surface area contributed by atoms with Gasteiger partial charge in [-0.15, -0.1) is 0 Å². The van der Waals surface area contributed by atoms with Crippen LogP contribution < -0.4 is 5.73 Å². The van der Waals surface area contributed by atoms with E-state index in [1.54, 1.807) is 4.90 Å². The number of amides is 1. The van der Waals surface area contributed by atoms with Gasteiger partial charge in [0.15, 0.2) is 0 Å². The highest BCUT2D eigenvalue weighted by molar-refractivity contribution is 5.81. The highest BCUT2D eigenvalue weighted by Crippen LogP contribution is 2.09. The number of carbonyl (C=O) groups excluding carboxylic acids is 1. The van der Waals surface area contributed by atoms with E-state index in [4.69, 9.17) is 10.5 Å². The van der Waals surface area contributed by atoms with E-state index in [1.165, 1.54) is 19.3 Å². The lowest BCUT2D eigenvalue weighted by atomic mass is 10.1. The Kier molecular flexibility index (Phi) is 7.21. The Morgan fingerprint density at radius 1 is 1.24 bits per heavy atom. The van der Waals surface area contributed by atoms with Gasteiger partial charge in [0.05, 0.1) is 13.2 Å². The summed E-state index contributed by atoms with van der Waals surface area (Å²) in [5.41, 5.74) is 7.86. The molecule has 0 spiro atoms. The molecule has 0 saturated carbocycles. The van der Waals surface area contributed by atoms with E-state index in [9.17, 15) is 4.79 Å². The van der Waals surface area contributed by atoms with E-state index in [-0.39, 0.29) is 5.91 Å². The molecular weight excluding hydrogens is 216 g/mol. The maximum atomic E-state index is 11.9. The predicted octanol–water partition coefficient (Wildman–Crippen LogP) is 1.86. The topological polar surface area (TPSA) is 53.3 Å². The molecule has 99 valence electrons. The average Bonchev–Trinajstić information content (AvgIpc) is 2.38. The normalized spacial score (nSPS) is 18.1. The summed E-state index contributed by atoms with van der Waals surface area (Å²) in [4.78, 5) is 13.7. The molecule has 1 rings (SSSR count). The molecule has 0 bridgehead atoms. The van der Waals surface area contributed by atoms with Crippen LogP contribution in [-0.4, -0.2) is 43.2 Å². The van der Waals surface area contributed by atoms with Crippen molar-refractivity contribution >= 4 is 5.91 Å². The van der Waals surface area contributed by atoms with Crippen molar-refractivity contribution in [2.45, 2.75) is 51.5 Å². The lowest BCUT2D eigenvalue weighted by Crippen LogP contribution is -2.46. The Bertz CT molecular complexity index is 215. The second kappa shape index (κ2) is 8.48. The average molecular weight is 241 g/mol. The van der Waals surface area contributed by atoms with Crippen LogP contribution in [0.15, 0.2) is 0 Å². The first kappa shape index (κ1) is 14.5. The molecule has 4 heteroatoms. The van der Waals surface area contributed by atoms with Crippen LogP contribution in [0.5, 0.6) is 0 Å². The fraction of sp³-hybridized carbons (Fsp3) is 0.923. The molecule has 1 aliphatic rings. The van der Waals surface area contributed by atoms with E-state index in [1.807, 2.05) is 0 Å². The molecule has 1 heterocycles. The summed E-state index contributed by atoms with van der Waals surface area (Å²) in [6, 6.07) is -0.560. The minimum absolute atomic E-state index is 0.0104. The fourth-order valence-corrected chi connectivity index (χ4v) is 2.08. The second-order valence-corrected chi connectivity index (χ2v) is 4.69. The van der Waals surface area contributed by atoms with Crippen LogP contribution in [0.4, 0.5) is 0 Å². The summed E-state index contributed by atoms with van der Waals surface area (Å²) in [5, 5.41) is 0. The number of hydrogen-bond donors (Lipinski definition) is 0. The van der Waals surface area contributed by atoms with Crippen LogP contribution in [0.3, 0.4) is 0 Å². The van der Waals surface area contributed by atoms with Crippen LogP contribution in [0.25, 0.3) is 0 Å². The van der Waals surface area contributed by atoms with Gasteiger partial charge in [-0.2, -0.15) is 0 Å². The van der Waals surface area contributed by atoms with Gasteiger partial charge in [0.1, 0.15) is 6.04 Å². The Labute approximate surface area is 104 Å². The van der Waals surface area contributed by atoms with E-state index in [0.717, 1.165) is 12.8 Å². The predicted molar refractivity (Wildman–Crippen MR) is 67.7 cm³/mol. The third-order valence-corrected chi connectivity index (χ3v) is 3.22. The molecule has 4 nitrogen and oxygen atoms in total. The Hall–Kier alpha value is -0.610. The van der Waals surface area contributed by atoms with Gasteiger partial charge in [0.25, 0.3) is 0 Å². The van der Waals surface area contributed by atoms with Crippen molar-refractivity contribution in [3.05, 3.63) is 0 Å². The molecule has 1 radical (unpaired) electrons. The van der Waals surface area contributed by atoms with Gasteiger partial charge in [0.2, 0.25) is 5.91 Å². The summed E-state index contributed by atoms with van der Waals surface area (Å²) < 4.78 is 5.20. The SMILES string of the molecule is CCCCCCCC([NH])C(=O)N1CCOCC1. The molecule has 1 atom stereocenters. The Morgan fingerprint density at radius 2 is 1.88 bits per heavy atom. The molecule has 17 heavy (non-hydrogen) atoms. The highest BCUT2D eigenvalue weighted by atomic mass is 16.5. The van der Waals surface area contributed by atoms with Crippen LogP contribution in [0, 0.1) is 0 Å². The van der Waals surface area contributed by atoms with Crippen molar-refractivity contribution in [3.8, 4) is 0 Å². The second-order valence-electron chi connectivity index (χ2n) is 4.69. The van der Waals surface area contributed by atoms with E-state index >= 15 is 0 Å². The van der Waals surface area contributed by atoms with E-state index < -0.39 is 6.04 Å². The molecule has 1 amide bonds. The molecule has 1 N–H and O–H groups in total. The summed E-state index contributed by atoms with van der Waals surface area (Å²) >= 11 is 0. The monoisotopic (exact) mass is 241 g/mol. The molecule has 0 aliphatic carbocycles. The maximum Gasteiger partial charge on any atom is 0.241 e. The van der Waals surface area contributed by atoms with Gasteiger partial charge in [-0.3, -0.25) is 4.79 Å². The number of nitrogens with zero attached hydrogens (tertiary/aromatic N) is 1. The molecule has 1 saturated heterocycles. The van der Waals surface area contributed by atoms with Crippen LogP contribution in [0.2, 0.25) is 0 Å². The van der Waals surface area contributed by atoms with Gasteiger partial charge in [0, 0.05) is 13.1 Å². The van der Waals surface area contributed by atoms with Crippen molar-refractivity contribution < 1.29 is 9.53 Å². The summed E-state index contributed by atoms with van der Waals surface area (Å²) in [7, 11) is 0. The van der Waals surface area contributed by atoms with Gasteiger partial charge in [-0.1, -0.05) is 39.0 Å². The first-order valence-corrected chi connectivity index (χ1v) is 6.83. The van der Waals surface area contributed by atoms with Crippen molar-refractivity contribution in [3.63, 3.8) is 0 Å². The number of nitrogens with one attached hydrogen (secondary N) is 1. The fourth-order valence-electron chi connectivity index (χ4n) is 2.08.